The number of rotatable bonds is 4. The van der Waals surface area contributed by atoms with Gasteiger partial charge in [-0.2, -0.15) is 0 Å². The summed E-state index contributed by atoms with van der Waals surface area (Å²) in [5.41, 5.74) is 0.991. The smallest absolute Gasteiger partial charge is 0.223 e. The summed E-state index contributed by atoms with van der Waals surface area (Å²) in [4.78, 5) is 16.9. The average Bonchev–Trinajstić information content (AvgIpc) is 2.99. The first-order chi connectivity index (χ1) is 13.3. The van der Waals surface area contributed by atoms with E-state index in [1.807, 2.05) is 24.4 Å². The van der Waals surface area contributed by atoms with Gasteiger partial charge in [-0.3, -0.25) is 9.78 Å². The number of pyridine rings is 1. The molecule has 1 aliphatic heterocycles. The molecule has 4 rings (SSSR count). The van der Waals surface area contributed by atoms with E-state index in [-0.39, 0.29) is 17.9 Å². The van der Waals surface area contributed by atoms with Crippen LogP contribution in [0, 0.1) is 5.92 Å². The van der Waals surface area contributed by atoms with Gasteiger partial charge >= 0.3 is 0 Å². The Balaban J connectivity index is 1.26. The van der Waals surface area contributed by atoms with E-state index in [0.717, 1.165) is 74.7 Å². The Morgan fingerprint density at radius 1 is 1.07 bits per heavy atom. The van der Waals surface area contributed by atoms with Crippen LogP contribution in [0.1, 0.15) is 44.9 Å². The fraction of sp³-hybridized carbons (Fsp3) is 0.545. The Kier molecular flexibility index (Phi) is 5.87. The predicted octanol–water partition coefficient (Wildman–Crippen LogP) is 3.43. The zero-order chi connectivity index (χ0) is 18.5. The van der Waals surface area contributed by atoms with Gasteiger partial charge in [-0.1, -0.05) is 6.07 Å². The molecule has 1 aromatic carbocycles. The molecule has 0 bridgehead atoms. The van der Waals surface area contributed by atoms with E-state index in [1.165, 1.54) is 0 Å². The lowest BCUT2D eigenvalue weighted by Gasteiger charge is -2.30. The lowest BCUT2D eigenvalue weighted by molar-refractivity contribution is -0.126. The summed E-state index contributed by atoms with van der Waals surface area (Å²) in [5.74, 6) is 1.35. The molecule has 1 amide bonds. The van der Waals surface area contributed by atoms with Crippen LogP contribution in [0.2, 0.25) is 0 Å². The first-order valence-corrected chi connectivity index (χ1v) is 10.3. The molecule has 5 nitrogen and oxygen atoms in total. The van der Waals surface area contributed by atoms with Gasteiger partial charge in [0.05, 0.1) is 11.6 Å². The number of hydrogen-bond acceptors (Lipinski definition) is 4. The predicted molar refractivity (Wildman–Crippen MR) is 107 cm³/mol. The molecule has 2 aromatic rings. The lowest BCUT2D eigenvalue weighted by Crippen LogP contribution is -2.42. The van der Waals surface area contributed by atoms with Crippen molar-refractivity contribution in [3.05, 3.63) is 36.5 Å². The molecule has 1 unspecified atom stereocenters. The second kappa shape index (κ2) is 8.70. The Morgan fingerprint density at radius 3 is 2.85 bits per heavy atom. The van der Waals surface area contributed by atoms with Crippen LogP contribution in [0.25, 0.3) is 10.9 Å². The molecule has 2 fully saturated rings. The van der Waals surface area contributed by atoms with Crippen molar-refractivity contribution in [2.45, 2.75) is 57.1 Å². The number of carbonyl (C=O) groups is 1. The Hall–Kier alpha value is -2.14. The van der Waals surface area contributed by atoms with Gasteiger partial charge in [-0.05, 0) is 82.3 Å². The highest BCUT2D eigenvalue weighted by Crippen LogP contribution is 2.26. The third kappa shape index (κ3) is 4.78. The maximum absolute atomic E-state index is 12.5. The van der Waals surface area contributed by atoms with E-state index in [2.05, 4.69) is 27.8 Å². The molecular formula is C22H29N3O2. The Bertz CT molecular complexity index is 763. The first kappa shape index (κ1) is 18.2. The van der Waals surface area contributed by atoms with Gasteiger partial charge in [-0.25, -0.2) is 0 Å². The normalized spacial score (nSPS) is 26.3. The number of benzene rings is 1. The van der Waals surface area contributed by atoms with Gasteiger partial charge in [0.2, 0.25) is 5.91 Å². The van der Waals surface area contributed by atoms with Crippen molar-refractivity contribution < 1.29 is 9.53 Å². The zero-order valence-corrected chi connectivity index (χ0v) is 15.8. The fourth-order valence-corrected chi connectivity index (χ4v) is 4.24. The third-order valence-corrected chi connectivity index (χ3v) is 5.84. The summed E-state index contributed by atoms with van der Waals surface area (Å²) in [7, 11) is 0. The second-order valence-electron chi connectivity index (χ2n) is 7.84. The van der Waals surface area contributed by atoms with Crippen molar-refractivity contribution in [3.8, 4) is 5.75 Å². The maximum atomic E-state index is 12.5. The van der Waals surface area contributed by atoms with Crippen molar-refractivity contribution in [3.63, 3.8) is 0 Å². The SMILES string of the molecule is O=C(NC1CCC(Oc2ccc3ncccc3c2)CC1)C1CCCNCC1. The largest absolute Gasteiger partial charge is 0.490 e. The van der Waals surface area contributed by atoms with E-state index in [4.69, 9.17) is 4.74 Å². The molecule has 2 N–H and O–H groups in total. The highest BCUT2D eigenvalue weighted by molar-refractivity contribution is 5.80. The second-order valence-corrected chi connectivity index (χ2v) is 7.84. The minimum Gasteiger partial charge on any atom is -0.490 e. The van der Waals surface area contributed by atoms with Crippen LogP contribution in [0.4, 0.5) is 0 Å². The molecule has 1 aliphatic carbocycles. The standard InChI is InChI=1S/C22H29N3O2/c26-22(16-3-1-12-23-14-11-16)25-18-5-7-19(8-6-18)27-20-9-10-21-17(15-20)4-2-13-24-21/h2,4,9-10,13,15-16,18-19,23H,1,3,5-8,11-12,14H2,(H,25,26). The molecule has 1 atom stereocenters. The Labute approximate surface area is 160 Å². The third-order valence-electron chi connectivity index (χ3n) is 5.84. The van der Waals surface area contributed by atoms with Gasteiger partial charge in [0.1, 0.15) is 5.75 Å². The van der Waals surface area contributed by atoms with E-state index >= 15 is 0 Å². The van der Waals surface area contributed by atoms with E-state index in [1.54, 1.807) is 0 Å². The van der Waals surface area contributed by atoms with Crippen LogP contribution in [-0.4, -0.2) is 36.1 Å². The van der Waals surface area contributed by atoms with Gasteiger partial charge in [0.25, 0.3) is 0 Å². The monoisotopic (exact) mass is 367 g/mol. The van der Waals surface area contributed by atoms with Crippen molar-refractivity contribution >= 4 is 16.8 Å². The topological polar surface area (TPSA) is 63.2 Å². The number of amides is 1. The number of hydrogen-bond donors (Lipinski definition) is 2. The molecule has 0 spiro atoms. The van der Waals surface area contributed by atoms with Crippen LogP contribution in [0.15, 0.2) is 36.5 Å². The number of aromatic nitrogens is 1. The van der Waals surface area contributed by atoms with Crippen molar-refractivity contribution in [2.75, 3.05) is 13.1 Å². The quantitative estimate of drug-likeness (QED) is 0.869. The number of nitrogens with one attached hydrogen (secondary N) is 2. The molecule has 144 valence electrons. The number of nitrogens with zero attached hydrogens (tertiary/aromatic N) is 1. The molecule has 5 heteroatoms. The number of carbonyl (C=O) groups excluding carboxylic acids is 1. The average molecular weight is 367 g/mol. The van der Waals surface area contributed by atoms with Gasteiger partial charge in [0, 0.05) is 23.5 Å². The fourth-order valence-electron chi connectivity index (χ4n) is 4.24. The van der Waals surface area contributed by atoms with Crippen LogP contribution in [0.5, 0.6) is 5.75 Å². The highest BCUT2D eigenvalue weighted by Gasteiger charge is 2.26. The molecular weight excluding hydrogens is 338 g/mol. The molecule has 2 heterocycles. The molecule has 1 saturated heterocycles. The van der Waals surface area contributed by atoms with Gasteiger partial charge < -0.3 is 15.4 Å². The van der Waals surface area contributed by atoms with Crippen LogP contribution in [-0.2, 0) is 4.79 Å². The van der Waals surface area contributed by atoms with Gasteiger partial charge in [0.15, 0.2) is 0 Å². The van der Waals surface area contributed by atoms with Crippen LogP contribution < -0.4 is 15.4 Å². The summed E-state index contributed by atoms with van der Waals surface area (Å²) in [6.07, 6.45) is 9.07. The van der Waals surface area contributed by atoms with Crippen molar-refractivity contribution in [2.24, 2.45) is 5.92 Å². The molecule has 27 heavy (non-hydrogen) atoms. The summed E-state index contributed by atoms with van der Waals surface area (Å²) in [6.45, 7) is 2.00. The zero-order valence-electron chi connectivity index (χ0n) is 15.8. The van der Waals surface area contributed by atoms with Gasteiger partial charge in [-0.15, -0.1) is 0 Å². The molecule has 1 saturated carbocycles. The molecule has 2 aliphatic rings. The maximum Gasteiger partial charge on any atom is 0.223 e. The number of ether oxygens (including phenoxy) is 1. The van der Waals surface area contributed by atoms with E-state index in [0.29, 0.717) is 6.04 Å². The van der Waals surface area contributed by atoms with E-state index < -0.39 is 0 Å². The highest BCUT2D eigenvalue weighted by atomic mass is 16.5. The molecule has 1 aromatic heterocycles. The summed E-state index contributed by atoms with van der Waals surface area (Å²) in [5, 5.41) is 7.78. The summed E-state index contributed by atoms with van der Waals surface area (Å²) in [6, 6.07) is 10.4. The first-order valence-electron chi connectivity index (χ1n) is 10.3. The minimum atomic E-state index is 0.181. The summed E-state index contributed by atoms with van der Waals surface area (Å²) < 4.78 is 6.20. The lowest BCUT2D eigenvalue weighted by atomic mass is 9.91. The number of fused-ring (bicyclic) bond motifs is 1. The van der Waals surface area contributed by atoms with Crippen molar-refractivity contribution in [1.82, 2.24) is 15.6 Å². The van der Waals surface area contributed by atoms with Crippen molar-refractivity contribution in [1.29, 1.82) is 0 Å². The summed E-state index contributed by atoms with van der Waals surface area (Å²) >= 11 is 0. The molecule has 0 radical (unpaired) electrons. The minimum absolute atomic E-state index is 0.181. The van der Waals surface area contributed by atoms with Crippen LogP contribution >= 0.6 is 0 Å². The van der Waals surface area contributed by atoms with E-state index in [9.17, 15) is 4.79 Å². The Morgan fingerprint density at radius 2 is 1.96 bits per heavy atom. The van der Waals surface area contributed by atoms with Crippen LogP contribution in [0.3, 0.4) is 0 Å².